The molecule has 0 spiro atoms. The topological polar surface area (TPSA) is 47.6 Å². The molecule has 0 aliphatic heterocycles. The van der Waals surface area contributed by atoms with Crippen LogP contribution in [0.25, 0.3) is 0 Å². The van der Waals surface area contributed by atoms with Gasteiger partial charge in [0, 0.05) is 6.54 Å². The van der Waals surface area contributed by atoms with E-state index in [1.807, 2.05) is 25.1 Å². The number of carbonyl (C=O) groups is 1. The van der Waals surface area contributed by atoms with Gasteiger partial charge in [0.2, 0.25) is 0 Å². The molecule has 0 atom stereocenters. The molecule has 0 aliphatic rings. The summed E-state index contributed by atoms with van der Waals surface area (Å²) >= 11 is 0. The van der Waals surface area contributed by atoms with E-state index in [9.17, 15) is 4.79 Å². The lowest BCUT2D eigenvalue weighted by Crippen LogP contribution is -2.30. The molecule has 0 unspecified atom stereocenters. The molecule has 0 saturated heterocycles. The Morgan fingerprint density at radius 1 is 1.32 bits per heavy atom. The van der Waals surface area contributed by atoms with Crippen molar-refractivity contribution >= 4 is 5.91 Å². The van der Waals surface area contributed by atoms with Gasteiger partial charge in [0.05, 0.1) is 7.11 Å². The predicted molar refractivity (Wildman–Crippen MR) is 75.7 cm³/mol. The first-order valence-corrected chi connectivity index (χ1v) is 6.57. The van der Waals surface area contributed by atoms with Crippen molar-refractivity contribution in [3.8, 4) is 11.5 Å². The quantitative estimate of drug-likeness (QED) is 0.824. The standard InChI is InChI=1S/C15H23NO3/c1-11(2)7-8-16-15(17)10-19-13-6-5-12(3)9-14(13)18-4/h5-6,9,11H,7-8,10H2,1-4H3,(H,16,17). The third-order valence-corrected chi connectivity index (χ3v) is 2.72. The number of aryl methyl sites for hydroxylation is 1. The molecular weight excluding hydrogens is 242 g/mol. The lowest BCUT2D eigenvalue weighted by molar-refractivity contribution is -0.123. The zero-order valence-corrected chi connectivity index (χ0v) is 12.2. The number of rotatable bonds is 7. The number of nitrogens with one attached hydrogen (secondary N) is 1. The molecular formula is C15H23NO3. The zero-order valence-electron chi connectivity index (χ0n) is 12.2. The van der Waals surface area contributed by atoms with Crippen LogP contribution in [0.5, 0.6) is 11.5 Å². The molecule has 19 heavy (non-hydrogen) atoms. The Labute approximate surface area is 115 Å². The lowest BCUT2D eigenvalue weighted by Gasteiger charge is -2.11. The molecule has 0 bridgehead atoms. The summed E-state index contributed by atoms with van der Waals surface area (Å²) in [4.78, 5) is 11.6. The van der Waals surface area contributed by atoms with Crippen LogP contribution in [-0.2, 0) is 4.79 Å². The predicted octanol–water partition coefficient (Wildman–Crippen LogP) is 2.54. The van der Waals surface area contributed by atoms with Crippen LogP contribution in [-0.4, -0.2) is 26.2 Å². The Balaban J connectivity index is 2.41. The summed E-state index contributed by atoms with van der Waals surface area (Å²) in [5.41, 5.74) is 1.09. The van der Waals surface area contributed by atoms with Gasteiger partial charge in [-0.25, -0.2) is 0 Å². The van der Waals surface area contributed by atoms with Gasteiger partial charge in [-0.3, -0.25) is 4.79 Å². The zero-order chi connectivity index (χ0) is 14.3. The van der Waals surface area contributed by atoms with E-state index in [1.165, 1.54) is 0 Å². The van der Waals surface area contributed by atoms with Crippen molar-refractivity contribution in [3.63, 3.8) is 0 Å². The number of benzene rings is 1. The van der Waals surface area contributed by atoms with E-state index in [0.717, 1.165) is 12.0 Å². The average molecular weight is 265 g/mol. The second-order valence-corrected chi connectivity index (χ2v) is 4.98. The van der Waals surface area contributed by atoms with Crippen LogP contribution in [0.4, 0.5) is 0 Å². The molecule has 1 amide bonds. The summed E-state index contributed by atoms with van der Waals surface area (Å²) in [6.45, 7) is 6.92. The minimum atomic E-state index is -0.108. The van der Waals surface area contributed by atoms with E-state index in [0.29, 0.717) is 24.0 Å². The summed E-state index contributed by atoms with van der Waals surface area (Å²) in [7, 11) is 1.59. The van der Waals surface area contributed by atoms with E-state index >= 15 is 0 Å². The van der Waals surface area contributed by atoms with Crippen LogP contribution >= 0.6 is 0 Å². The first kappa shape index (κ1) is 15.3. The fraction of sp³-hybridized carbons (Fsp3) is 0.533. The number of ether oxygens (including phenoxy) is 2. The van der Waals surface area contributed by atoms with Crippen LogP contribution in [0.15, 0.2) is 18.2 Å². The molecule has 0 fully saturated rings. The summed E-state index contributed by atoms with van der Waals surface area (Å²) < 4.78 is 10.7. The Bertz CT molecular complexity index is 416. The maximum Gasteiger partial charge on any atom is 0.257 e. The first-order chi connectivity index (χ1) is 9.02. The Morgan fingerprint density at radius 2 is 2.05 bits per heavy atom. The number of amides is 1. The van der Waals surface area contributed by atoms with Crippen molar-refractivity contribution in [1.29, 1.82) is 0 Å². The second kappa shape index (κ2) is 7.67. The maximum absolute atomic E-state index is 11.6. The molecule has 0 radical (unpaired) electrons. The molecule has 1 aromatic rings. The third kappa shape index (κ3) is 5.64. The highest BCUT2D eigenvalue weighted by atomic mass is 16.5. The summed E-state index contributed by atoms with van der Waals surface area (Å²) in [5.74, 6) is 1.71. The van der Waals surface area contributed by atoms with Crippen molar-refractivity contribution in [2.75, 3.05) is 20.3 Å². The largest absolute Gasteiger partial charge is 0.493 e. The number of hydrogen-bond acceptors (Lipinski definition) is 3. The van der Waals surface area contributed by atoms with Crippen molar-refractivity contribution in [3.05, 3.63) is 23.8 Å². The highest BCUT2D eigenvalue weighted by Crippen LogP contribution is 2.27. The van der Waals surface area contributed by atoms with Crippen LogP contribution in [0.1, 0.15) is 25.8 Å². The van der Waals surface area contributed by atoms with Gasteiger partial charge < -0.3 is 14.8 Å². The van der Waals surface area contributed by atoms with E-state index in [4.69, 9.17) is 9.47 Å². The molecule has 4 nitrogen and oxygen atoms in total. The van der Waals surface area contributed by atoms with Gasteiger partial charge in [-0.05, 0) is 37.0 Å². The fourth-order valence-corrected chi connectivity index (χ4v) is 1.59. The van der Waals surface area contributed by atoms with Gasteiger partial charge in [-0.1, -0.05) is 19.9 Å². The molecule has 0 heterocycles. The van der Waals surface area contributed by atoms with Crippen molar-refractivity contribution in [2.24, 2.45) is 5.92 Å². The Kier molecular flexibility index (Phi) is 6.19. The normalized spacial score (nSPS) is 10.4. The first-order valence-electron chi connectivity index (χ1n) is 6.57. The minimum absolute atomic E-state index is 0.0114. The monoisotopic (exact) mass is 265 g/mol. The van der Waals surface area contributed by atoms with Crippen LogP contribution in [0, 0.1) is 12.8 Å². The molecule has 0 aromatic heterocycles. The molecule has 106 valence electrons. The molecule has 1 N–H and O–H groups in total. The van der Waals surface area contributed by atoms with Gasteiger partial charge >= 0.3 is 0 Å². The molecule has 4 heteroatoms. The Morgan fingerprint density at radius 3 is 2.68 bits per heavy atom. The van der Waals surface area contributed by atoms with Crippen LogP contribution < -0.4 is 14.8 Å². The smallest absolute Gasteiger partial charge is 0.257 e. The lowest BCUT2D eigenvalue weighted by atomic mass is 10.1. The van der Waals surface area contributed by atoms with E-state index in [1.54, 1.807) is 7.11 Å². The SMILES string of the molecule is COc1cc(C)ccc1OCC(=O)NCCC(C)C. The maximum atomic E-state index is 11.6. The summed E-state index contributed by atoms with van der Waals surface area (Å²) in [6, 6.07) is 5.62. The molecule has 1 aromatic carbocycles. The second-order valence-electron chi connectivity index (χ2n) is 4.98. The summed E-state index contributed by atoms with van der Waals surface area (Å²) in [6.07, 6.45) is 0.972. The average Bonchev–Trinajstić information content (AvgIpc) is 2.36. The van der Waals surface area contributed by atoms with E-state index in [-0.39, 0.29) is 12.5 Å². The number of hydrogen-bond donors (Lipinski definition) is 1. The van der Waals surface area contributed by atoms with Gasteiger partial charge in [0.15, 0.2) is 18.1 Å². The highest BCUT2D eigenvalue weighted by Gasteiger charge is 2.07. The summed E-state index contributed by atoms with van der Waals surface area (Å²) in [5, 5.41) is 2.83. The van der Waals surface area contributed by atoms with Crippen molar-refractivity contribution in [2.45, 2.75) is 27.2 Å². The molecule has 0 saturated carbocycles. The molecule has 0 aliphatic carbocycles. The fourth-order valence-electron chi connectivity index (χ4n) is 1.59. The van der Waals surface area contributed by atoms with Crippen molar-refractivity contribution in [1.82, 2.24) is 5.32 Å². The number of methoxy groups -OCH3 is 1. The van der Waals surface area contributed by atoms with Gasteiger partial charge in [-0.2, -0.15) is 0 Å². The minimum Gasteiger partial charge on any atom is -0.493 e. The Hall–Kier alpha value is -1.71. The third-order valence-electron chi connectivity index (χ3n) is 2.72. The number of carbonyl (C=O) groups excluding carboxylic acids is 1. The van der Waals surface area contributed by atoms with Crippen LogP contribution in [0.2, 0.25) is 0 Å². The highest BCUT2D eigenvalue weighted by molar-refractivity contribution is 5.77. The van der Waals surface area contributed by atoms with Gasteiger partial charge in [0.25, 0.3) is 5.91 Å². The van der Waals surface area contributed by atoms with Crippen molar-refractivity contribution < 1.29 is 14.3 Å². The van der Waals surface area contributed by atoms with Gasteiger partial charge in [-0.15, -0.1) is 0 Å². The van der Waals surface area contributed by atoms with Crippen LogP contribution in [0.3, 0.4) is 0 Å². The van der Waals surface area contributed by atoms with E-state index in [2.05, 4.69) is 19.2 Å². The van der Waals surface area contributed by atoms with E-state index < -0.39 is 0 Å². The molecule has 1 rings (SSSR count). The van der Waals surface area contributed by atoms with Gasteiger partial charge in [0.1, 0.15) is 0 Å².